The number of amides is 1. The third-order valence-electron chi connectivity index (χ3n) is 2.95. The number of esters is 1. The van der Waals surface area contributed by atoms with Crippen LogP contribution in [0.2, 0.25) is 0 Å². The first-order valence-corrected chi connectivity index (χ1v) is 6.20. The van der Waals surface area contributed by atoms with Gasteiger partial charge in [0.25, 0.3) is 0 Å². The van der Waals surface area contributed by atoms with E-state index in [0.717, 1.165) is 25.7 Å². The summed E-state index contributed by atoms with van der Waals surface area (Å²) in [6.45, 7) is 5.51. The van der Waals surface area contributed by atoms with Crippen LogP contribution in [0, 0.1) is 5.92 Å². The van der Waals surface area contributed by atoms with Crippen molar-refractivity contribution in [3.8, 4) is 0 Å². The molecule has 1 amide bonds. The lowest BCUT2D eigenvalue weighted by atomic mass is 10.1. The summed E-state index contributed by atoms with van der Waals surface area (Å²) in [6, 6.07) is -0.166. The second-order valence-corrected chi connectivity index (χ2v) is 4.57. The molecule has 1 aliphatic carbocycles. The van der Waals surface area contributed by atoms with Gasteiger partial charge < -0.3 is 10.1 Å². The lowest BCUT2D eigenvalue weighted by molar-refractivity contribution is -0.143. The SMILES string of the molecule is C=CCOC(=O)C[C@@H](C)NC(=O)C1CCCC1. The minimum atomic E-state index is -0.302. The van der Waals surface area contributed by atoms with Gasteiger partial charge in [-0.1, -0.05) is 25.5 Å². The van der Waals surface area contributed by atoms with Crippen LogP contribution in [0.25, 0.3) is 0 Å². The van der Waals surface area contributed by atoms with Gasteiger partial charge in [-0.25, -0.2) is 0 Å². The van der Waals surface area contributed by atoms with Gasteiger partial charge >= 0.3 is 5.97 Å². The van der Waals surface area contributed by atoms with Crippen LogP contribution < -0.4 is 5.32 Å². The number of rotatable bonds is 6. The lowest BCUT2D eigenvalue weighted by Gasteiger charge is -2.16. The van der Waals surface area contributed by atoms with Crippen molar-refractivity contribution in [1.29, 1.82) is 0 Å². The number of ether oxygens (including phenoxy) is 1. The molecular weight excluding hydrogens is 218 g/mol. The maximum Gasteiger partial charge on any atom is 0.308 e. The molecule has 0 heterocycles. The highest BCUT2D eigenvalue weighted by molar-refractivity contribution is 5.80. The van der Waals surface area contributed by atoms with Crippen molar-refractivity contribution in [2.24, 2.45) is 5.92 Å². The highest BCUT2D eigenvalue weighted by atomic mass is 16.5. The van der Waals surface area contributed by atoms with Crippen LogP contribution in [0.4, 0.5) is 0 Å². The van der Waals surface area contributed by atoms with E-state index >= 15 is 0 Å². The van der Waals surface area contributed by atoms with Crippen molar-refractivity contribution in [3.63, 3.8) is 0 Å². The Hall–Kier alpha value is -1.32. The average molecular weight is 239 g/mol. The molecule has 0 spiro atoms. The van der Waals surface area contributed by atoms with Crippen molar-refractivity contribution in [1.82, 2.24) is 5.32 Å². The van der Waals surface area contributed by atoms with Crippen molar-refractivity contribution < 1.29 is 14.3 Å². The first kappa shape index (κ1) is 13.7. The zero-order valence-electron chi connectivity index (χ0n) is 10.4. The van der Waals surface area contributed by atoms with Gasteiger partial charge in [-0.15, -0.1) is 0 Å². The first-order valence-electron chi connectivity index (χ1n) is 6.20. The molecule has 96 valence electrons. The zero-order valence-corrected chi connectivity index (χ0v) is 10.4. The Kier molecular flexibility index (Phi) is 5.73. The molecule has 0 unspecified atom stereocenters. The topological polar surface area (TPSA) is 55.4 Å². The first-order chi connectivity index (χ1) is 8.13. The second-order valence-electron chi connectivity index (χ2n) is 4.57. The van der Waals surface area contributed by atoms with Crippen LogP contribution in [0.5, 0.6) is 0 Å². The van der Waals surface area contributed by atoms with E-state index in [0.29, 0.717) is 0 Å². The fourth-order valence-electron chi connectivity index (χ4n) is 2.06. The van der Waals surface area contributed by atoms with E-state index in [2.05, 4.69) is 11.9 Å². The molecule has 0 aromatic rings. The normalized spacial score (nSPS) is 17.5. The van der Waals surface area contributed by atoms with Gasteiger partial charge in [-0.05, 0) is 19.8 Å². The molecule has 1 rings (SSSR count). The maximum absolute atomic E-state index is 11.8. The molecule has 0 aromatic carbocycles. The molecule has 1 aliphatic rings. The zero-order chi connectivity index (χ0) is 12.7. The Balaban J connectivity index is 2.23. The summed E-state index contributed by atoms with van der Waals surface area (Å²) in [6.07, 6.45) is 5.95. The molecule has 0 aliphatic heterocycles. The fraction of sp³-hybridized carbons (Fsp3) is 0.692. The predicted octanol–water partition coefficient (Wildman–Crippen LogP) is 1.80. The van der Waals surface area contributed by atoms with Gasteiger partial charge in [0.1, 0.15) is 6.61 Å². The molecule has 1 saturated carbocycles. The molecule has 1 N–H and O–H groups in total. The summed E-state index contributed by atoms with van der Waals surface area (Å²) in [5.74, 6) is -0.0858. The van der Waals surface area contributed by atoms with E-state index < -0.39 is 0 Å². The molecular formula is C13H21NO3. The van der Waals surface area contributed by atoms with E-state index in [4.69, 9.17) is 4.74 Å². The Morgan fingerprint density at radius 1 is 1.47 bits per heavy atom. The van der Waals surface area contributed by atoms with Crippen LogP contribution >= 0.6 is 0 Å². The third kappa shape index (κ3) is 5.02. The molecule has 4 nitrogen and oxygen atoms in total. The fourth-order valence-corrected chi connectivity index (χ4v) is 2.06. The molecule has 0 radical (unpaired) electrons. The highest BCUT2D eigenvalue weighted by Crippen LogP contribution is 2.24. The van der Waals surface area contributed by atoms with Crippen LogP contribution in [0.3, 0.4) is 0 Å². The average Bonchev–Trinajstić information content (AvgIpc) is 2.79. The summed E-state index contributed by atoms with van der Waals surface area (Å²) >= 11 is 0. The van der Waals surface area contributed by atoms with Crippen molar-refractivity contribution in [2.45, 2.75) is 45.1 Å². The van der Waals surface area contributed by atoms with Crippen molar-refractivity contribution in [2.75, 3.05) is 6.61 Å². The van der Waals surface area contributed by atoms with E-state index in [1.54, 1.807) is 0 Å². The second kappa shape index (κ2) is 7.09. The third-order valence-corrected chi connectivity index (χ3v) is 2.95. The molecule has 1 atom stereocenters. The predicted molar refractivity (Wildman–Crippen MR) is 65.3 cm³/mol. The molecule has 4 heteroatoms. The number of carbonyl (C=O) groups excluding carboxylic acids is 2. The van der Waals surface area contributed by atoms with Crippen LogP contribution in [-0.2, 0) is 14.3 Å². The summed E-state index contributed by atoms with van der Waals surface area (Å²) in [4.78, 5) is 23.1. The smallest absolute Gasteiger partial charge is 0.308 e. The Bertz CT molecular complexity index is 282. The lowest BCUT2D eigenvalue weighted by Crippen LogP contribution is -2.37. The van der Waals surface area contributed by atoms with Gasteiger partial charge in [0.05, 0.1) is 6.42 Å². The standard InChI is InChI=1S/C13H21NO3/c1-3-8-17-12(15)9-10(2)14-13(16)11-6-4-5-7-11/h3,10-11H,1,4-9H2,2H3,(H,14,16)/t10-/m1/s1. The van der Waals surface area contributed by atoms with E-state index in [9.17, 15) is 9.59 Å². The van der Waals surface area contributed by atoms with Gasteiger partial charge in [0.15, 0.2) is 0 Å². The summed E-state index contributed by atoms with van der Waals surface area (Å²) in [5.41, 5.74) is 0. The maximum atomic E-state index is 11.8. The Morgan fingerprint density at radius 3 is 2.71 bits per heavy atom. The van der Waals surface area contributed by atoms with Gasteiger partial charge in [-0.3, -0.25) is 9.59 Å². The summed E-state index contributed by atoms with van der Waals surface area (Å²) in [7, 11) is 0. The van der Waals surface area contributed by atoms with E-state index in [1.807, 2.05) is 6.92 Å². The van der Waals surface area contributed by atoms with Gasteiger partial charge in [-0.2, -0.15) is 0 Å². The Labute approximate surface area is 102 Å². The molecule has 0 aromatic heterocycles. The van der Waals surface area contributed by atoms with Crippen LogP contribution in [-0.4, -0.2) is 24.5 Å². The van der Waals surface area contributed by atoms with E-state index in [-0.39, 0.29) is 36.9 Å². The number of carbonyl (C=O) groups is 2. The van der Waals surface area contributed by atoms with Gasteiger partial charge in [0.2, 0.25) is 5.91 Å². The minimum Gasteiger partial charge on any atom is -0.461 e. The van der Waals surface area contributed by atoms with Crippen LogP contribution in [0.1, 0.15) is 39.0 Å². The minimum absolute atomic E-state index is 0.0755. The van der Waals surface area contributed by atoms with Crippen molar-refractivity contribution in [3.05, 3.63) is 12.7 Å². The number of nitrogens with one attached hydrogen (secondary N) is 1. The largest absolute Gasteiger partial charge is 0.461 e. The van der Waals surface area contributed by atoms with Crippen LogP contribution in [0.15, 0.2) is 12.7 Å². The summed E-state index contributed by atoms with van der Waals surface area (Å²) in [5, 5.41) is 2.86. The van der Waals surface area contributed by atoms with Gasteiger partial charge in [0, 0.05) is 12.0 Å². The van der Waals surface area contributed by atoms with Crippen molar-refractivity contribution >= 4 is 11.9 Å². The quantitative estimate of drug-likeness (QED) is 0.568. The molecule has 0 saturated heterocycles. The summed E-state index contributed by atoms with van der Waals surface area (Å²) < 4.78 is 4.86. The Morgan fingerprint density at radius 2 is 2.12 bits per heavy atom. The number of hydrogen-bond donors (Lipinski definition) is 1. The molecule has 1 fully saturated rings. The van der Waals surface area contributed by atoms with E-state index in [1.165, 1.54) is 6.08 Å². The molecule has 17 heavy (non-hydrogen) atoms. The monoisotopic (exact) mass is 239 g/mol. The number of hydrogen-bond acceptors (Lipinski definition) is 3. The molecule has 0 bridgehead atoms. The highest BCUT2D eigenvalue weighted by Gasteiger charge is 2.24.